The lowest BCUT2D eigenvalue weighted by atomic mass is 10.1. The van der Waals surface area contributed by atoms with Crippen LogP contribution in [0.1, 0.15) is 5.56 Å². The number of phenolic OH excluding ortho intramolecular Hbond substituents is 1. The summed E-state index contributed by atoms with van der Waals surface area (Å²) >= 11 is 5.82. The van der Waals surface area contributed by atoms with E-state index in [0.717, 1.165) is 0 Å². The largest absolute Gasteiger partial charge is 0.506 e. The van der Waals surface area contributed by atoms with Gasteiger partial charge in [-0.15, -0.1) is 0 Å². The molecule has 2 atom stereocenters. The molecule has 0 amide bonds. The second-order valence-corrected chi connectivity index (χ2v) is 9.80. The smallest absolute Gasteiger partial charge is 0.262 e. The number of para-hydroxylation sites is 1. The highest BCUT2D eigenvalue weighted by Crippen LogP contribution is 2.28. The summed E-state index contributed by atoms with van der Waals surface area (Å²) in [4.78, 5) is 0.00307. The molecule has 0 heterocycles. The van der Waals surface area contributed by atoms with Crippen molar-refractivity contribution in [1.29, 1.82) is 0 Å². The first kappa shape index (κ1) is 25.8. The van der Waals surface area contributed by atoms with Crippen LogP contribution in [0, 0.1) is 0 Å². The number of anilines is 1. The quantitative estimate of drug-likeness (QED) is 0.239. The highest BCUT2D eigenvalue weighted by atomic mass is 35.5. The molecule has 182 valence electrons. The summed E-state index contributed by atoms with van der Waals surface area (Å²) in [6.45, 7) is 0.0656. The van der Waals surface area contributed by atoms with Crippen LogP contribution >= 0.6 is 11.6 Å². The Morgan fingerprint density at radius 1 is 1.00 bits per heavy atom. The van der Waals surface area contributed by atoms with Gasteiger partial charge in [0.05, 0.1) is 17.2 Å². The molecule has 0 aliphatic rings. The van der Waals surface area contributed by atoms with Crippen LogP contribution in [0.2, 0.25) is 5.02 Å². The van der Waals surface area contributed by atoms with Crippen molar-refractivity contribution in [2.75, 3.05) is 24.5 Å². The topological polar surface area (TPSA) is 128 Å². The molecule has 3 rings (SSSR count). The lowest BCUT2D eigenvalue weighted by Gasteiger charge is -2.20. The van der Waals surface area contributed by atoms with Crippen molar-refractivity contribution >= 4 is 27.3 Å². The first-order valence-corrected chi connectivity index (χ1v) is 12.4. The Hall–Kier alpha value is -2.82. The van der Waals surface area contributed by atoms with Crippen LogP contribution in [0.15, 0.2) is 77.7 Å². The van der Waals surface area contributed by atoms with E-state index in [1.54, 1.807) is 18.2 Å². The molecule has 0 fully saturated rings. The molecule has 0 saturated carbocycles. The lowest BCUT2D eigenvalue weighted by molar-refractivity contribution is 0.0997. The van der Waals surface area contributed by atoms with Gasteiger partial charge >= 0.3 is 0 Å². The first-order chi connectivity index (χ1) is 16.3. The second kappa shape index (κ2) is 12.0. The number of ether oxygens (including phenoxy) is 1. The molecule has 10 heteroatoms. The van der Waals surface area contributed by atoms with Crippen LogP contribution in [-0.4, -0.2) is 55.6 Å². The Bertz CT molecular complexity index is 1160. The fourth-order valence-electron chi connectivity index (χ4n) is 3.17. The van der Waals surface area contributed by atoms with E-state index in [-0.39, 0.29) is 36.1 Å². The molecule has 8 nitrogen and oxygen atoms in total. The summed E-state index contributed by atoms with van der Waals surface area (Å²) in [5.74, 6) is 0.418. The second-order valence-electron chi connectivity index (χ2n) is 7.68. The zero-order valence-electron chi connectivity index (χ0n) is 18.3. The molecule has 0 unspecified atom stereocenters. The van der Waals surface area contributed by atoms with E-state index in [1.807, 2.05) is 18.2 Å². The minimum Gasteiger partial charge on any atom is -0.506 e. The van der Waals surface area contributed by atoms with Gasteiger partial charge in [0, 0.05) is 17.6 Å². The maximum absolute atomic E-state index is 12.6. The molecule has 0 radical (unpaired) electrons. The molecular weight excluding hydrogens is 480 g/mol. The van der Waals surface area contributed by atoms with Gasteiger partial charge in [-0.2, -0.15) is 0 Å². The van der Waals surface area contributed by atoms with E-state index in [1.165, 1.54) is 36.4 Å². The zero-order valence-corrected chi connectivity index (χ0v) is 19.8. The van der Waals surface area contributed by atoms with E-state index in [0.29, 0.717) is 22.8 Å². The molecule has 3 aromatic carbocycles. The molecule has 34 heavy (non-hydrogen) atoms. The fourth-order valence-corrected chi connectivity index (χ4v) is 4.36. The highest BCUT2D eigenvalue weighted by molar-refractivity contribution is 7.92. The molecule has 3 aromatic rings. The molecule has 0 aromatic heterocycles. The van der Waals surface area contributed by atoms with Crippen molar-refractivity contribution < 1.29 is 28.5 Å². The maximum Gasteiger partial charge on any atom is 0.262 e. The number of nitrogens with one attached hydrogen (secondary N) is 2. The van der Waals surface area contributed by atoms with Gasteiger partial charge in [-0.25, -0.2) is 8.42 Å². The SMILES string of the molecule is O=S(=O)(Nc1cc(C[C@@H](CO)NC[C@H](O)COc2ccccc2)ccc1O)c1ccc(Cl)cc1. The number of aromatic hydroxyl groups is 1. The number of phenols is 1. The number of aliphatic hydroxyl groups is 2. The van der Waals surface area contributed by atoms with Crippen LogP contribution in [0.3, 0.4) is 0 Å². The van der Waals surface area contributed by atoms with E-state index in [2.05, 4.69) is 10.0 Å². The number of rotatable bonds is 12. The van der Waals surface area contributed by atoms with E-state index in [4.69, 9.17) is 16.3 Å². The molecule has 0 bridgehead atoms. The Labute approximate surface area is 203 Å². The Balaban J connectivity index is 1.58. The van der Waals surface area contributed by atoms with Crippen LogP contribution in [0.5, 0.6) is 11.5 Å². The number of halogens is 1. The summed E-state index contributed by atoms with van der Waals surface area (Å²) in [5.41, 5.74) is 0.689. The predicted molar refractivity (Wildman–Crippen MR) is 131 cm³/mol. The van der Waals surface area contributed by atoms with Crippen molar-refractivity contribution in [3.63, 3.8) is 0 Å². The average molecular weight is 507 g/mol. The molecular formula is C24H27ClN2O6S. The average Bonchev–Trinajstić information content (AvgIpc) is 2.83. The summed E-state index contributed by atoms with van der Waals surface area (Å²) < 4.78 is 33.2. The number of hydrogen-bond donors (Lipinski definition) is 5. The third kappa shape index (κ3) is 7.61. The third-order valence-electron chi connectivity index (χ3n) is 4.96. The Morgan fingerprint density at radius 2 is 1.71 bits per heavy atom. The van der Waals surface area contributed by atoms with Crippen molar-refractivity contribution in [2.24, 2.45) is 0 Å². The Morgan fingerprint density at radius 3 is 2.38 bits per heavy atom. The monoisotopic (exact) mass is 506 g/mol. The summed E-state index contributed by atoms with van der Waals surface area (Å²) in [7, 11) is -3.93. The highest BCUT2D eigenvalue weighted by Gasteiger charge is 2.18. The van der Waals surface area contributed by atoms with Crippen LogP contribution in [0.25, 0.3) is 0 Å². The number of aliphatic hydroxyl groups excluding tert-OH is 2. The normalized spacial score (nSPS) is 13.3. The van der Waals surface area contributed by atoms with E-state index >= 15 is 0 Å². The van der Waals surface area contributed by atoms with Gasteiger partial charge in [-0.1, -0.05) is 35.9 Å². The van der Waals surface area contributed by atoms with Crippen molar-refractivity contribution in [1.82, 2.24) is 5.32 Å². The molecule has 0 aliphatic carbocycles. The first-order valence-electron chi connectivity index (χ1n) is 10.6. The van der Waals surface area contributed by atoms with Gasteiger partial charge < -0.3 is 25.4 Å². The molecule has 0 saturated heterocycles. The van der Waals surface area contributed by atoms with Crippen LogP contribution in [0.4, 0.5) is 5.69 Å². The van der Waals surface area contributed by atoms with E-state index < -0.39 is 22.2 Å². The summed E-state index contributed by atoms with van der Waals surface area (Å²) in [6, 6.07) is 18.9. The van der Waals surface area contributed by atoms with Crippen LogP contribution in [-0.2, 0) is 16.4 Å². The third-order valence-corrected chi connectivity index (χ3v) is 6.59. The van der Waals surface area contributed by atoms with Gasteiger partial charge in [-0.05, 0) is 60.5 Å². The van der Waals surface area contributed by atoms with Gasteiger partial charge in [0.1, 0.15) is 24.2 Å². The lowest BCUT2D eigenvalue weighted by Crippen LogP contribution is -2.41. The van der Waals surface area contributed by atoms with Gasteiger partial charge in [0.15, 0.2) is 0 Å². The molecule has 5 N–H and O–H groups in total. The van der Waals surface area contributed by atoms with Crippen molar-refractivity contribution in [2.45, 2.75) is 23.5 Å². The fraction of sp³-hybridized carbons (Fsp3) is 0.250. The zero-order chi connectivity index (χ0) is 24.6. The van der Waals surface area contributed by atoms with Crippen LogP contribution < -0.4 is 14.8 Å². The number of hydrogen-bond acceptors (Lipinski definition) is 7. The Kier molecular flexibility index (Phi) is 9.14. The minimum atomic E-state index is -3.93. The summed E-state index contributed by atoms with van der Waals surface area (Å²) in [5, 5.41) is 33.5. The summed E-state index contributed by atoms with van der Waals surface area (Å²) in [6.07, 6.45) is -0.463. The molecule has 0 aliphatic heterocycles. The minimum absolute atomic E-state index is 0.00307. The van der Waals surface area contributed by atoms with Crippen molar-refractivity contribution in [3.05, 3.63) is 83.4 Å². The van der Waals surface area contributed by atoms with E-state index in [9.17, 15) is 23.7 Å². The number of benzene rings is 3. The van der Waals surface area contributed by atoms with Gasteiger partial charge in [0.25, 0.3) is 10.0 Å². The van der Waals surface area contributed by atoms with Gasteiger partial charge in [-0.3, -0.25) is 4.72 Å². The molecule has 0 spiro atoms. The standard InChI is InChI=1S/C24H27ClN2O6S/c25-18-7-9-22(10-8-18)34(31,32)27-23-13-17(6-11-24(23)30)12-19(15-28)26-14-20(29)16-33-21-4-2-1-3-5-21/h1-11,13,19-20,26-30H,12,14-16H2/t19-,20-/m0/s1. The predicted octanol–water partition coefficient (Wildman–Crippen LogP) is 2.78. The van der Waals surface area contributed by atoms with Gasteiger partial charge in [0.2, 0.25) is 0 Å². The number of sulfonamides is 1. The maximum atomic E-state index is 12.6. The van der Waals surface area contributed by atoms with Crippen molar-refractivity contribution in [3.8, 4) is 11.5 Å².